The molecule has 11 nitrogen and oxygen atoms in total. The number of anilines is 1. The van der Waals surface area contributed by atoms with Crippen molar-refractivity contribution in [3.8, 4) is 0 Å². The number of benzene rings is 1. The van der Waals surface area contributed by atoms with Gasteiger partial charge < -0.3 is 14.5 Å². The molecule has 5 aliphatic rings. The lowest BCUT2D eigenvalue weighted by molar-refractivity contribution is -0.135. The molecule has 1 aromatic carbocycles. The number of piperidine rings is 3. The number of aryl methyl sites for hydroxylation is 1. The first-order chi connectivity index (χ1) is 20.9. The second-order valence-corrected chi connectivity index (χ2v) is 13.3. The van der Waals surface area contributed by atoms with Gasteiger partial charge in [-0.25, -0.2) is 9.59 Å². The molecule has 2 aromatic rings. The molecule has 0 radical (unpaired) electrons. The Balaban J connectivity index is 0.917. The number of likely N-dealkylation sites (tertiary alicyclic amines) is 1. The van der Waals surface area contributed by atoms with Gasteiger partial charge in [0.2, 0.25) is 11.8 Å². The first-order valence-electron chi connectivity index (χ1n) is 16.3. The fraction of sp³-hybridized carbons (Fsp3) is 0.688. The number of fused-ring (bicyclic) bond motifs is 2. The Kier molecular flexibility index (Phi) is 7.69. The molecule has 5 fully saturated rings. The molecule has 232 valence electrons. The van der Waals surface area contributed by atoms with Gasteiger partial charge in [0.15, 0.2) is 0 Å². The molecule has 0 spiro atoms. The largest absolute Gasteiger partial charge is 0.448 e. The molecule has 5 saturated heterocycles. The summed E-state index contributed by atoms with van der Waals surface area (Å²) in [4.78, 5) is 57.0. The second-order valence-electron chi connectivity index (χ2n) is 13.3. The van der Waals surface area contributed by atoms with Crippen molar-refractivity contribution < 1.29 is 19.1 Å². The van der Waals surface area contributed by atoms with Crippen LogP contribution in [0.3, 0.4) is 0 Å². The van der Waals surface area contributed by atoms with E-state index in [1.54, 1.807) is 11.6 Å². The predicted octanol–water partition coefficient (Wildman–Crippen LogP) is 3.01. The Bertz CT molecular complexity index is 1450. The Morgan fingerprint density at radius 1 is 0.884 bits per heavy atom. The highest BCUT2D eigenvalue weighted by molar-refractivity contribution is 6.00. The second kappa shape index (κ2) is 11.6. The monoisotopic (exact) mass is 592 g/mol. The molecule has 0 aliphatic carbocycles. The van der Waals surface area contributed by atoms with Crippen molar-refractivity contribution in [1.29, 1.82) is 0 Å². The van der Waals surface area contributed by atoms with Crippen molar-refractivity contribution in [3.05, 3.63) is 28.7 Å². The Morgan fingerprint density at radius 2 is 1.63 bits per heavy atom. The highest BCUT2D eigenvalue weighted by Crippen LogP contribution is 2.36. The molecule has 1 N–H and O–H groups in total. The van der Waals surface area contributed by atoms with Crippen LogP contribution in [-0.4, -0.2) is 88.3 Å². The Hall–Kier alpha value is -3.34. The average molecular weight is 593 g/mol. The molecular weight excluding hydrogens is 548 g/mol. The molecule has 6 heterocycles. The van der Waals surface area contributed by atoms with Gasteiger partial charge in [0.25, 0.3) is 0 Å². The smallest absolute Gasteiger partial charge is 0.409 e. The summed E-state index contributed by atoms with van der Waals surface area (Å²) in [6.07, 6.45) is 9.72. The van der Waals surface area contributed by atoms with Gasteiger partial charge in [0, 0.05) is 57.4 Å². The van der Waals surface area contributed by atoms with Crippen LogP contribution in [0.15, 0.2) is 23.0 Å². The van der Waals surface area contributed by atoms with Crippen LogP contribution < -0.4 is 15.9 Å². The molecule has 43 heavy (non-hydrogen) atoms. The predicted molar refractivity (Wildman–Crippen MR) is 162 cm³/mol. The number of carbonyl (C=O) groups is 3. The maximum Gasteiger partial charge on any atom is 0.409 e. The van der Waals surface area contributed by atoms with E-state index in [0.29, 0.717) is 30.9 Å². The molecule has 3 amide bonds. The van der Waals surface area contributed by atoms with Crippen molar-refractivity contribution in [3.63, 3.8) is 0 Å². The number of imide groups is 1. The van der Waals surface area contributed by atoms with Crippen molar-refractivity contribution in [2.24, 2.45) is 18.9 Å². The summed E-state index contributed by atoms with van der Waals surface area (Å²) in [5.41, 5.74) is 2.35. The summed E-state index contributed by atoms with van der Waals surface area (Å²) in [5, 5.41) is 2.37. The SMILES string of the molecule is Cn1c(=O)n(C2CCC(=O)NC2=O)c2ccc(N3CCC(C4CCN(C(=O)OCC5CCC6CCCN65)CC4)CC3)cc21. The summed E-state index contributed by atoms with van der Waals surface area (Å²) in [6.45, 7) is 5.18. The van der Waals surface area contributed by atoms with E-state index < -0.39 is 11.9 Å². The lowest BCUT2D eigenvalue weighted by Crippen LogP contribution is -2.44. The van der Waals surface area contributed by atoms with Gasteiger partial charge in [-0.15, -0.1) is 0 Å². The molecule has 11 heteroatoms. The van der Waals surface area contributed by atoms with Gasteiger partial charge in [-0.2, -0.15) is 0 Å². The van der Waals surface area contributed by atoms with Crippen LogP contribution in [0, 0.1) is 11.8 Å². The number of amides is 3. The minimum Gasteiger partial charge on any atom is -0.448 e. The standard InChI is InChI=1S/C32H44N6O5/c1-34-28-19-24(6-7-26(28)38(31(34)41)27-8-9-29(39)33-30(27)40)35-15-10-21(11-16-35)22-12-17-36(18-13-22)32(42)43-20-25-5-4-23-3-2-14-37(23)25/h6-7,19,21-23,25,27H,2-5,8-18,20H2,1H3,(H,33,39,40). The Morgan fingerprint density at radius 3 is 2.37 bits per heavy atom. The number of carbonyl (C=O) groups excluding carboxylic acids is 3. The zero-order valence-electron chi connectivity index (χ0n) is 25.2. The van der Waals surface area contributed by atoms with Crippen LogP contribution in [0.5, 0.6) is 0 Å². The van der Waals surface area contributed by atoms with Gasteiger partial charge in [0.05, 0.1) is 11.0 Å². The van der Waals surface area contributed by atoms with Crippen LogP contribution in [0.4, 0.5) is 10.5 Å². The molecule has 0 saturated carbocycles. The molecule has 3 unspecified atom stereocenters. The molecule has 7 rings (SSSR count). The van der Waals surface area contributed by atoms with E-state index in [1.807, 2.05) is 17.0 Å². The number of nitrogens with zero attached hydrogens (tertiary/aromatic N) is 5. The average Bonchev–Trinajstić information content (AvgIpc) is 3.71. The number of rotatable bonds is 5. The summed E-state index contributed by atoms with van der Waals surface area (Å²) in [6, 6.07) is 6.49. The summed E-state index contributed by atoms with van der Waals surface area (Å²) in [5.74, 6) is 0.589. The Labute approximate surface area is 252 Å². The first kappa shape index (κ1) is 28.4. The number of aromatic nitrogens is 2. The van der Waals surface area contributed by atoms with Crippen LogP contribution in [0.1, 0.15) is 70.3 Å². The summed E-state index contributed by atoms with van der Waals surface area (Å²) >= 11 is 0. The van der Waals surface area contributed by atoms with E-state index in [2.05, 4.69) is 21.2 Å². The third-order valence-corrected chi connectivity index (χ3v) is 11.1. The molecule has 1 aromatic heterocycles. The molecule has 0 bridgehead atoms. The van der Waals surface area contributed by atoms with E-state index in [0.717, 1.165) is 87.6 Å². The number of hydrogen-bond acceptors (Lipinski definition) is 7. The first-order valence-corrected chi connectivity index (χ1v) is 16.3. The maximum atomic E-state index is 13.1. The normalized spacial score (nSPS) is 27.6. The highest BCUT2D eigenvalue weighted by atomic mass is 16.6. The number of ether oxygens (including phenoxy) is 1. The van der Waals surface area contributed by atoms with Crippen molar-refractivity contribution >= 4 is 34.6 Å². The zero-order chi connectivity index (χ0) is 29.7. The molecule has 5 aliphatic heterocycles. The van der Waals surface area contributed by atoms with Gasteiger partial charge in [-0.05, 0) is 94.4 Å². The van der Waals surface area contributed by atoms with E-state index in [-0.39, 0.29) is 24.1 Å². The fourth-order valence-electron chi connectivity index (χ4n) is 8.60. The van der Waals surface area contributed by atoms with Gasteiger partial charge in [-0.3, -0.25) is 28.9 Å². The van der Waals surface area contributed by atoms with E-state index in [4.69, 9.17) is 4.74 Å². The maximum absolute atomic E-state index is 13.1. The fourth-order valence-corrected chi connectivity index (χ4v) is 8.60. The molecule has 3 atom stereocenters. The quantitative estimate of drug-likeness (QED) is 0.532. The summed E-state index contributed by atoms with van der Waals surface area (Å²) in [7, 11) is 1.74. The summed E-state index contributed by atoms with van der Waals surface area (Å²) < 4.78 is 8.93. The third kappa shape index (κ3) is 5.34. The zero-order valence-corrected chi connectivity index (χ0v) is 25.2. The topological polar surface area (TPSA) is 109 Å². The minimum atomic E-state index is -0.672. The van der Waals surface area contributed by atoms with Crippen molar-refractivity contribution in [2.75, 3.05) is 44.2 Å². The van der Waals surface area contributed by atoms with Crippen LogP contribution in [-0.2, 0) is 21.4 Å². The number of nitrogens with one attached hydrogen (secondary N) is 1. The third-order valence-electron chi connectivity index (χ3n) is 11.1. The number of hydrogen-bond donors (Lipinski definition) is 1. The van der Waals surface area contributed by atoms with E-state index in [1.165, 1.54) is 23.8 Å². The highest BCUT2D eigenvalue weighted by Gasteiger charge is 2.38. The van der Waals surface area contributed by atoms with Crippen molar-refractivity contribution in [2.45, 2.75) is 82.3 Å². The lowest BCUT2D eigenvalue weighted by atomic mass is 9.79. The van der Waals surface area contributed by atoms with Crippen LogP contribution in [0.2, 0.25) is 0 Å². The van der Waals surface area contributed by atoms with E-state index >= 15 is 0 Å². The van der Waals surface area contributed by atoms with Gasteiger partial charge in [-0.1, -0.05) is 0 Å². The lowest BCUT2D eigenvalue weighted by Gasteiger charge is -2.40. The van der Waals surface area contributed by atoms with Gasteiger partial charge >= 0.3 is 11.8 Å². The minimum absolute atomic E-state index is 0.132. The van der Waals surface area contributed by atoms with E-state index in [9.17, 15) is 19.2 Å². The molecular formula is C32H44N6O5. The van der Waals surface area contributed by atoms with Crippen molar-refractivity contribution in [1.82, 2.24) is 24.3 Å². The van der Waals surface area contributed by atoms with Gasteiger partial charge in [0.1, 0.15) is 12.6 Å². The van der Waals surface area contributed by atoms with Crippen LogP contribution >= 0.6 is 0 Å². The van der Waals surface area contributed by atoms with Crippen LogP contribution in [0.25, 0.3) is 11.0 Å². The number of imidazole rings is 1.